The quantitative estimate of drug-likeness (QED) is 0.181. The maximum atomic E-state index is 13.6. The van der Waals surface area contributed by atoms with Gasteiger partial charge in [-0.15, -0.1) is 0 Å². The van der Waals surface area contributed by atoms with Gasteiger partial charge in [-0.05, 0) is 60.0 Å². The van der Waals surface area contributed by atoms with Gasteiger partial charge in [0.05, 0.1) is 49.6 Å². The largest absolute Gasteiger partial charge is 0.462 e. The van der Waals surface area contributed by atoms with Crippen LogP contribution in [0.25, 0.3) is 6.08 Å². The first-order valence-electron chi connectivity index (χ1n) is 21.6. The fourth-order valence-electron chi connectivity index (χ4n) is 8.37. The van der Waals surface area contributed by atoms with Crippen LogP contribution in [0.15, 0.2) is 49.1 Å². The molecule has 0 unspecified atom stereocenters. The monoisotopic (exact) mass is 875 g/mol. The van der Waals surface area contributed by atoms with Crippen LogP contribution in [-0.2, 0) is 52.3 Å². The number of carbonyl (C=O) groups excluding carboxylic acids is 3. The molecule has 1 aromatic rings. The Morgan fingerprint density at radius 2 is 1.76 bits per heavy atom. The highest BCUT2D eigenvalue weighted by molar-refractivity contribution is 5.70. The third-order valence-electron chi connectivity index (χ3n) is 11.6. The molecule has 4 rings (SSSR count). The van der Waals surface area contributed by atoms with Gasteiger partial charge in [-0.2, -0.15) is 0 Å². The molecule has 0 radical (unpaired) electrons. The molecule has 3 N–H and O–H groups in total. The zero-order valence-corrected chi connectivity index (χ0v) is 37.6. The smallest absolute Gasteiger partial charge is 0.308 e. The molecule has 348 valence electrons. The summed E-state index contributed by atoms with van der Waals surface area (Å²) in [6.07, 6.45) is 5.31. The van der Waals surface area contributed by atoms with Crippen molar-refractivity contribution < 1.29 is 67.6 Å². The highest BCUT2D eigenvalue weighted by Gasteiger charge is 2.52. The molecule has 0 amide bonds. The second-order valence-corrected chi connectivity index (χ2v) is 17.0. The van der Waals surface area contributed by atoms with Gasteiger partial charge in [0.1, 0.15) is 42.6 Å². The number of esters is 2. The molecule has 2 saturated heterocycles. The van der Waals surface area contributed by atoms with Crippen molar-refractivity contribution in [3.05, 3.63) is 54.7 Å². The van der Waals surface area contributed by atoms with Gasteiger partial charge in [-0.3, -0.25) is 9.59 Å². The Balaban J connectivity index is 1.68. The summed E-state index contributed by atoms with van der Waals surface area (Å²) in [7, 11) is 5.00. The van der Waals surface area contributed by atoms with Gasteiger partial charge in [0.2, 0.25) is 0 Å². The standard InChI is InChI=1S/C45H69N3O14/c1-10-35(51)60-43-30(5)58-37(23-45(43,6)54)61-40-29(4)59-44(39(53)38(40)48(7)8)62-41-32(18-19-49)21-27(2)33(50)17-13-11-12-15-28(3)57-36(52)22-34(42(41)55-9)56-20-14-16-31-24-46-26-47-25-31/h11-14,16-17,19,24-30,32-34,37-44,50,53-54H,10,15,18,20-23H2,1-9H3/b12-11+,16-14+,17-13+/t27-,28-,29-,30+,32+,33+,34-,37+,38-,39-,40-,41+,42+,43+,44+,45-/m1/s1. The maximum Gasteiger partial charge on any atom is 0.308 e. The van der Waals surface area contributed by atoms with E-state index in [1.807, 2.05) is 13.0 Å². The first-order chi connectivity index (χ1) is 29.5. The van der Waals surface area contributed by atoms with Crippen LogP contribution in [0.1, 0.15) is 85.6 Å². The molecule has 2 fully saturated rings. The van der Waals surface area contributed by atoms with Crippen molar-refractivity contribution in [3.8, 4) is 0 Å². The van der Waals surface area contributed by atoms with Gasteiger partial charge in [0.25, 0.3) is 0 Å². The summed E-state index contributed by atoms with van der Waals surface area (Å²) < 4.78 is 49.8. The van der Waals surface area contributed by atoms with Crippen molar-refractivity contribution in [1.82, 2.24) is 14.9 Å². The predicted molar refractivity (Wildman–Crippen MR) is 226 cm³/mol. The maximum absolute atomic E-state index is 13.6. The molecule has 62 heavy (non-hydrogen) atoms. The number of nitrogens with zero attached hydrogens (tertiary/aromatic N) is 3. The van der Waals surface area contributed by atoms with E-state index in [-0.39, 0.29) is 44.6 Å². The number of carbonyl (C=O) groups is 3. The van der Waals surface area contributed by atoms with Gasteiger partial charge in [0, 0.05) is 50.8 Å². The Morgan fingerprint density at radius 3 is 2.40 bits per heavy atom. The average molecular weight is 876 g/mol. The zero-order chi connectivity index (χ0) is 45.6. The lowest BCUT2D eigenvalue weighted by molar-refractivity contribution is -0.344. The summed E-state index contributed by atoms with van der Waals surface area (Å²) in [6.45, 7) is 10.4. The van der Waals surface area contributed by atoms with Crippen LogP contribution in [0, 0.1) is 11.8 Å². The molecule has 16 atom stereocenters. The SMILES string of the molecule is CCC(=O)O[C@H]1[C@H](C)O[C@@H](O[C@H]2[C@H](N(C)C)[C@@H](O)[C@H](O[C@H]3[C@@H](CC=O)C[C@@H](C)[C@@H](O)/C=C/C=C/C[C@@H](C)OC(=O)C[C@@H](OC/C=C/c4cncnc4)[C@@H]3OC)O[C@@H]2C)C[C@@]1(C)O. The van der Waals surface area contributed by atoms with Gasteiger partial charge in [-0.1, -0.05) is 50.3 Å². The van der Waals surface area contributed by atoms with E-state index in [0.29, 0.717) is 6.42 Å². The lowest BCUT2D eigenvalue weighted by Gasteiger charge is -2.50. The van der Waals surface area contributed by atoms with Crippen LogP contribution in [0.2, 0.25) is 0 Å². The molecular weight excluding hydrogens is 807 g/mol. The molecular formula is C45H69N3O14. The third kappa shape index (κ3) is 14.5. The summed E-state index contributed by atoms with van der Waals surface area (Å²) in [5.74, 6) is -2.01. The topological polar surface area (TPSA) is 215 Å². The summed E-state index contributed by atoms with van der Waals surface area (Å²) >= 11 is 0. The molecule has 17 heteroatoms. The summed E-state index contributed by atoms with van der Waals surface area (Å²) in [5, 5.41) is 34.8. The lowest BCUT2D eigenvalue weighted by Crippen LogP contribution is -2.66. The van der Waals surface area contributed by atoms with Crippen molar-refractivity contribution in [2.45, 2.75) is 165 Å². The Kier molecular flexibility index (Phi) is 20.2. The Labute approximate surface area is 365 Å². The van der Waals surface area contributed by atoms with E-state index >= 15 is 0 Å². The van der Waals surface area contributed by atoms with E-state index in [2.05, 4.69) is 9.97 Å². The van der Waals surface area contributed by atoms with Gasteiger partial charge in [-0.25, -0.2) is 9.97 Å². The molecule has 0 spiro atoms. The summed E-state index contributed by atoms with van der Waals surface area (Å²) in [5.41, 5.74) is -0.748. The molecule has 4 heterocycles. The lowest BCUT2D eigenvalue weighted by atomic mass is 9.82. The van der Waals surface area contributed by atoms with Crippen LogP contribution >= 0.6 is 0 Å². The molecule has 0 aromatic carbocycles. The molecule has 3 aliphatic heterocycles. The Morgan fingerprint density at radius 1 is 1.03 bits per heavy atom. The molecule has 1 aromatic heterocycles. The van der Waals surface area contributed by atoms with Crippen molar-refractivity contribution in [3.63, 3.8) is 0 Å². The number of aliphatic hydroxyl groups excluding tert-OH is 2. The van der Waals surface area contributed by atoms with Crippen molar-refractivity contribution >= 4 is 24.3 Å². The number of allylic oxidation sites excluding steroid dienone is 2. The van der Waals surface area contributed by atoms with Gasteiger partial charge in [0.15, 0.2) is 18.7 Å². The minimum atomic E-state index is -1.48. The minimum Gasteiger partial charge on any atom is -0.462 e. The molecule has 3 aliphatic rings. The Hall–Kier alpha value is -3.49. The number of rotatable bonds is 14. The van der Waals surface area contributed by atoms with E-state index in [4.69, 9.17) is 37.9 Å². The number of aromatic nitrogens is 2. The second-order valence-electron chi connectivity index (χ2n) is 17.0. The first-order valence-corrected chi connectivity index (χ1v) is 21.6. The number of hydrogen-bond donors (Lipinski definition) is 3. The fraction of sp³-hybridized carbons (Fsp3) is 0.711. The number of aldehydes is 1. The fourth-order valence-corrected chi connectivity index (χ4v) is 8.37. The molecule has 0 bridgehead atoms. The molecule has 17 nitrogen and oxygen atoms in total. The number of hydrogen-bond acceptors (Lipinski definition) is 17. The molecule has 0 saturated carbocycles. The van der Waals surface area contributed by atoms with Crippen LogP contribution in [0.4, 0.5) is 0 Å². The van der Waals surface area contributed by atoms with E-state index in [0.717, 1.165) is 11.8 Å². The highest BCUT2D eigenvalue weighted by atomic mass is 16.7. The van der Waals surface area contributed by atoms with Crippen molar-refractivity contribution in [1.29, 1.82) is 0 Å². The normalized spacial score (nSPS) is 38.9. The third-order valence-corrected chi connectivity index (χ3v) is 11.6. The first kappa shape index (κ1) is 51.1. The van der Waals surface area contributed by atoms with E-state index in [9.17, 15) is 29.7 Å². The van der Waals surface area contributed by atoms with Crippen LogP contribution in [0.5, 0.6) is 0 Å². The number of methoxy groups -OCH3 is 1. The molecule has 0 aliphatic carbocycles. The summed E-state index contributed by atoms with van der Waals surface area (Å²) in [4.78, 5) is 48.0. The Bertz CT molecular complexity index is 1630. The van der Waals surface area contributed by atoms with E-state index in [1.54, 1.807) is 96.4 Å². The van der Waals surface area contributed by atoms with Crippen LogP contribution in [0.3, 0.4) is 0 Å². The summed E-state index contributed by atoms with van der Waals surface area (Å²) in [6, 6.07) is -0.755. The zero-order valence-electron chi connectivity index (χ0n) is 37.6. The number of cyclic esters (lactones) is 1. The second kappa shape index (κ2) is 24.5. The van der Waals surface area contributed by atoms with Crippen molar-refractivity contribution in [2.24, 2.45) is 11.8 Å². The van der Waals surface area contributed by atoms with Crippen molar-refractivity contribution in [2.75, 3.05) is 27.8 Å². The number of likely N-dealkylation sites (N-methyl/N-ethyl adjacent to an activating group) is 1. The predicted octanol–water partition coefficient (Wildman–Crippen LogP) is 3.33. The van der Waals surface area contributed by atoms with Crippen LogP contribution in [-0.4, -0.2) is 161 Å². The van der Waals surface area contributed by atoms with E-state index in [1.165, 1.54) is 13.4 Å². The number of aliphatic hydroxyl groups is 3. The average Bonchev–Trinajstić information content (AvgIpc) is 3.21. The van der Waals surface area contributed by atoms with Gasteiger partial charge < -0.3 is 62.9 Å². The highest BCUT2D eigenvalue weighted by Crippen LogP contribution is 2.38. The van der Waals surface area contributed by atoms with Crippen LogP contribution < -0.4 is 0 Å². The number of ether oxygens (including phenoxy) is 8. The minimum absolute atomic E-state index is 0.0276. The van der Waals surface area contributed by atoms with Gasteiger partial charge >= 0.3 is 11.9 Å². The van der Waals surface area contributed by atoms with E-state index < -0.39 is 103 Å².